The number of aromatic amines is 1. The van der Waals surface area contributed by atoms with Crippen LogP contribution in [0.25, 0.3) is 10.9 Å². The van der Waals surface area contributed by atoms with Crippen LogP contribution in [0, 0.1) is 6.92 Å². The predicted molar refractivity (Wildman–Crippen MR) is 109 cm³/mol. The smallest absolute Gasteiger partial charge is 0.222 e. The monoisotopic (exact) mass is 380 g/mol. The van der Waals surface area contributed by atoms with Crippen LogP contribution in [0.2, 0.25) is 0 Å². The van der Waals surface area contributed by atoms with E-state index >= 15 is 0 Å². The number of benzene rings is 1. The third-order valence-corrected chi connectivity index (χ3v) is 5.73. The van der Waals surface area contributed by atoms with Gasteiger partial charge in [0.05, 0.1) is 6.04 Å². The number of aryl methyl sites for hydroxylation is 2. The van der Waals surface area contributed by atoms with E-state index in [1.54, 1.807) is 7.11 Å². The van der Waals surface area contributed by atoms with Gasteiger partial charge in [0, 0.05) is 55.6 Å². The molecule has 148 valence electrons. The number of methoxy groups -OCH3 is 1. The van der Waals surface area contributed by atoms with E-state index in [-0.39, 0.29) is 11.9 Å². The molecule has 1 aromatic carbocycles. The molecule has 1 saturated heterocycles. The summed E-state index contributed by atoms with van der Waals surface area (Å²) in [6.45, 7) is 4.17. The first-order chi connectivity index (χ1) is 13.7. The number of nitrogens with one attached hydrogen (secondary N) is 1. The molecule has 0 radical (unpaired) electrons. The lowest BCUT2D eigenvalue weighted by molar-refractivity contribution is -0.132. The second kappa shape index (κ2) is 8.19. The van der Waals surface area contributed by atoms with E-state index in [2.05, 4.69) is 33.6 Å². The molecule has 4 rings (SSSR count). The Balaban J connectivity index is 1.42. The van der Waals surface area contributed by atoms with Gasteiger partial charge in [-0.05, 0) is 37.8 Å². The van der Waals surface area contributed by atoms with Gasteiger partial charge in [0.25, 0.3) is 0 Å². The maximum Gasteiger partial charge on any atom is 0.222 e. The molecule has 0 spiro atoms. The number of carbonyl (C=O) groups excluding carboxylic acids is 1. The van der Waals surface area contributed by atoms with Crippen molar-refractivity contribution in [3.05, 3.63) is 53.7 Å². The molecule has 28 heavy (non-hydrogen) atoms. The maximum atomic E-state index is 12.9. The molecule has 0 saturated carbocycles. The predicted octanol–water partition coefficient (Wildman–Crippen LogP) is 3.62. The molecule has 1 atom stereocenters. The van der Waals surface area contributed by atoms with Crippen molar-refractivity contribution in [2.24, 2.45) is 0 Å². The number of aromatic nitrogens is 3. The highest BCUT2D eigenvalue weighted by molar-refractivity contribution is 5.84. The van der Waals surface area contributed by atoms with Crippen molar-refractivity contribution >= 4 is 16.8 Å². The van der Waals surface area contributed by atoms with Crippen molar-refractivity contribution in [1.29, 1.82) is 0 Å². The number of rotatable bonds is 6. The number of hydrogen-bond acceptors (Lipinski definition) is 3. The normalized spacial score (nSPS) is 17.4. The van der Waals surface area contributed by atoms with Gasteiger partial charge < -0.3 is 19.2 Å². The Morgan fingerprint density at radius 2 is 2.21 bits per heavy atom. The molecule has 6 nitrogen and oxygen atoms in total. The van der Waals surface area contributed by atoms with Crippen LogP contribution >= 0.6 is 0 Å². The van der Waals surface area contributed by atoms with E-state index in [1.807, 2.05) is 29.4 Å². The summed E-state index contributed by atoms with van der Waals surface area (Å²) in [6, 6.07) is 8.53. The van der Waals surface area contributed by atoms with Crippen LogP contribution in [0.4, 0.5) is 0 Å². The number of para-hydroxylation sites is 1. The number of amides is 1. The van der Waals surface area contributed by atoms with E-state index in [0.29, 0.717) is 13.0 Å². The van der Waals surface area contributed by atoms with Crippen molar-refractivity contribution in [2.75, 3.05) is 20.2 Å². The molecule has 6 heteroatoms. The van der Waals surface area contributed by atoms with Gasteiger partial charge in [-0.2, -0.15) is 0 Å². The quantitative estimate of drug-likeness (QED) is 0.710. The minimum absolute atomic E-state index is 0.237. The van der Waals surface area contributed by atoms with Crippen LogP contribution in [0.15, 0.2) is 36.7 Å². The Hall–Kier alpha value is -2.60. The fourth-order valence-corrected chi connectivity index (χ4v) is 4.36. The number of hydrogen-bond donors (Lipinski definition) is 1. The topological polar surface area (TPSA) is 63.1 Å². The van der Waals surface area contributed by atoms with Gasteiger partial charge in [0.15, 0.2) is 0 Å². The SMILES string of the molecule is COCc1ncc(C)n1C1CCCN(C(=O)CCc2c[nH]c3ccccc23)C1. The number of fused-ring (bicyclic) bond motifs is 1. The summed E-state index contributed by atoms with van der Waals surface area (Å²) in [6.07, 6.45) is 7.33. The zero-order valence-corrected chi connectivity index (χ0v) is 16.6. The van der Waals surface area contributed by atoms with Gasteiger partial charge in [-0.3, -0.25) is 4.79 Å². The number of nitrogens with zero attached hydrogens (tertiary/aromatic N) is 3. The van der Waals surface area contributed by atoms with E-state index in [4.69, 9.17) is 4.74 Å². The summed E-state index contributed by atoms with van der Waals surface area (Å²) >= 11 is 0. The first kappa shape index (κ1) is 18.7. The molecule has 1 unspecified atom stereocenters. The van der Waals surface area contributed by atoms with Crippen molar-refractivity contribution in [2.45, 2.75) is 45.3 Å². The van der Waals surface area contributed by atoms with Crippen molar-refractivity contribution < 1.29 is 9.53 Å². The van der Waals surface area contributed by atoms with Crippen LogP contribution in [-0.4, -0.2) is 45.5 Å². The summed E-state index contributed by atoms with van der Waals surface area (Å²) in [5.74, 6) is 1.18. The highest BCUT2D eigenvalue weighted by Gasteiger charge is 2.27. The van der Waals surface area contributed by atoms with Gasteiger partial charge in [-0.1, -0.05) is 18.2 Å². The van der Waals surface area contributed by atoms with Gasteiger partial charge in [0.2, 0.25) is 5.91 Å². The van der Waals surface area contributed by atoms with E-state index in [1.165, 1.54) is 10.9 Å². The molecule has 0 bridgehead atoms. The zero-order chi connectivity index (χ0) is 19.5. The minimum atomic E-state index is 0.237. The van der Waals surface area contributed by atoms with Gasteiger partial charge in [-0.15, -0.1) is 0 Å². The van der Waals surface area contributed by atoms with Crippen molar-refractivity contribution in [3.8, 4) is 0 Å². The number of imidazole rings is 1. The molecule has 1 aliphatic rings. The molecular formula is C22H28N4O2. The highest BCUT2D eigenvalue weighted by atomic mass is 16.5. The highest BCUT2D eigenvalue weighted by Crippen LogP contribution is 2.26. The largest absolute Gasteiger partial charge is 0.377 e. The van der Waals surface area contributed by atoms with Crippen LogP contribution < -0.4 is 0 Å². The average Bonchev–Trinajstić information content (AvgIpc) is 3.30. The van der Waals surface area contributed by atoms with E-state index in [0.717, 1.165) is 49.4 Å². The Kier molecular flexibility index (Phi) is 5.48. The second-order valence-corrected chi connectivity index (χ2v) is 7.61. The van der Waals surface area contributed by atoms with Gasteiger partial charge in [-0.25, -0.2) is 4.98 Å². The summed E-state index contributed by atoms with van der Waals surface area (Å²) in [5.41, 5.74) is 3.47. The third kappa shape index (κ3) is 3.69. The first-order valence-electron chi connectivity index (χ1n) is 10.0. The Morgan fingerprint density at radius 1 is 1.36 bits per heavy atom. The zero-order valence-electron chi connectivity index (χ0n) is 16.6. The lowest BCUT2D eigenvalue weighted by Gasteiger charge is -2.35. The molecule has 1 N–H and O–H groups in total. The summed E-state index contributed by atoms with van der Waals surface area (Å²) in [5, 5.41) is 1.21. The average molecular weight is 380 g/mol. The Morgan fingerprint density at radius 3 is 3.07 bits per heavy atom. The number of ether oxygens (including phenoxy) is 1. The molecule has 1 aliphatic heterocycles. The standard InChI is InChI=1S/C22H28N4O2/c1-16-12-24-21(15-28-2)26(16)18-6-5-11-25(14-18)22(27)10-9-17-13-23-20-8-4-3-7-19(17)20/h3-4,7-8,12-13,18,23H,5-6,9-11,14-15H2,1-2H3. The lowest BCUT2D eigenvalue weighted by atomic mass is 10.0. The molecule has 1 amide bonds. The fraction of sp³-hybridized carbons (Fsp3) is 0.455. The van der Waals surface area contributed by atoms with Gasteiger partial charge >= 0.3 is 0 Å². The van der Waals surface area contributed by atoms with Crippen LogP contribution in [0.3, 0.4) is 0 Å². The minimum Gasteiger partial charge on any atom is -0.377 e. The maximum absolute atomic E-state index is 12.9. The van der Waals surface area contributed by atoms with Crippen LogP contribution in [0.5, 0.6) is 0 Å². The molecule has 3 aromatic rings. The lowest BCUT2D eigenvalue weighted by Crippen LogP contribution is -2.41. The second-order valence-electron chi connectivity index (χ2n) is 7.61. The molecule has 0 aliphatic carbocycles. The number of piperidine rings is 1. The van der Waals surface area contributed by atoms with Crippen LogP contribution in [0.1, 0.15) is 42.4 Å². The summed E-state index contributed by atoms with van der Waals surface area (Å²) < 4.78 is 7.55. The molecule has 3 heterocycles. The number of likely N-dealkylation sites (tertiary alicyclic amines) is 1. The Labute approximate surface area is 165 Å². The Bertz CT molecular complexity index is 959. The van der Waals surface area contributed by atoms with Crippen molar-refractivity contribution in [3.63, 3.8) is 0 Å². The van der Waals surface area contributed by atoms with E-state index in [9.17, 15) is 4.79 Å². The fourth-order valence-electron chi connectivity index (χ4n) is 4.36. The third-order valence-electron chi connectivity index (χ3n) is 5.73. The molecule has 1 fully saturated rings. The first-order valence-corrected chi connectivity index (χ1v) is 10.0. The number of carbonyl (C=O) groups is 1. The van der Waals surface area contributed by atoms with Gasteiger partial charge in [0.1, 0.15) is 12.4 Å². The number of H-pyrrole nitrogens is 1. The van der Waals surface area contributed by atoms with E-state index < -0.39 is 0 Å². The summed E-state index contributed by atoms with van der Waals surface area (Å²) in [7, 11) is 1.69. The van der Waals surface area contributed by atoms with Crippen molar-refractivity contribution in [1.82, 2.24) is 19.4 Å². The molecular weight excluding hydrogens is 352 g/mol. The van der Waals surface area contributed by atoms with Crippen LogP contribution in [-0.2, 0) is 22.6 Å². The summed E-state index contributed by atoms with van der Waals surface area (Å²) in [4.78, 5) is 22.7. The molecule has 2 aromatic heterocycles.